The van der Waals surface area contributed by atoms with Gasteiger partial charge in [-0.1, -0.05) is 52.0 Å². The summed E-state index contributed by atoms with van der Waals surface area (Å²) in [5, 5.41) is 0. The predicted molar refractivity (Wildman–Crippen MR) is 112 cm³/mol. The quantitative estimate of drug-likeness (QED) is 0.471. The molecular formula is C20H26ClO2PS. The highest BCUT2D eigenvalue weighted by atomic mass is 35.7. The second-order valence-electron chi connectivity index (χ2n) is 7.01. The molecular weight excluding hydrogens is 371 g/mol. The largest absolute Gasteiger partial charge is 0.424 e. The minimum Gasteiger partial charge on any atom is -0.424 e. The van der Waals surface area contributed by atoms with Gasteiger partial charge < -0.3 is 9.05 Å². The summed E-state index contributed by atoms with van der Waals surface area (Å²) in [5.41, 5.74) is 4.36. The zero-order valence-corrected chi connectivity index (χ0v) is 18.1. The fraction of sp³-hybridized carbons (Fsp3) is 0.400. The monoisotopic (exact) mass is 396 g/mol. The number of halogens is 1. The maximum Gasteiger partial charge on any atom is 0.384 e. The standard InChI is InChI=1S/C20H26ClO2PS/c1-13(2)17-9-7-15(5)11-19(17)22-24(21,25)23-20-12-16(6)8-10-18(20)14(3)4/h7-14H,1-6H3. The first kappa shape index (κ1) is 20.3. The van der Waals surface area contributed by atoms with Crippen LogP contribution in [0.2, 0.25) is 0 Å². The van der Waals surface area contributed by atoms with Crippen molar-refractivity contribution in [2.45, 2.75) is 53.4 Å². The van der Waals surface area contributed by atoms with Crippen LogP contribution in [0.4, 0.5) is 0 Å². The van der Waals surface area contributed by atoms with Crippen molar-refractivity contribution in [2.75, 3.05) is 0 Å². The Morgan fingerprint density at radius 1 is 0.800 bits per heavy atom. The lowest BCUT2D eigenvalue weighted by Crippen LogP contribution is -2.02. The van der Waals surface area contributed by atoms with E-state index in [4.69, 9.17) is 32.1 Å². The average Bonchev–Trinajstić information content (AvgIpc) is 2.45. The summed E-state index contributed by atoms with van der Waals surface area (Å²) in [4.78, 5) is 0. The normalized spacial score (nSPS) is 11.9. The average molecular weight is 397 g/mol. The van der Waals surface area contributed by atoms with Gasteiger partial charge in [-0.3, -0.25) is 0 Å². The van der Waals surface area contributed by atoms with Crippen molar-refractivity contribution in [3.05, 3.63) is 58.7 Å². The van der Waals surface area contributed by atoms with Crippen molar-refractivity contribution in [2.24, 2.45) is 0 Å². The van der Waals surface area contributed by atoms with Gasteiger partial charge in [0.05, 0.1) is 0 Å². The molecule has 2 aromatic carbocycles. The molecule has 2 aromatic rings. The molecule has 0 aromatic heterocycles. The lowest BCUT2D eigenvalue weighted by molar-refractivity contribution is 0.493. The Balaban J connectivity index is 2.34. The first-order chi connectivity index (χ1) is 11.6. The van der Waals surface area contributed by atoms with Crippen molar-refractivity contribution in [1.29, 1.82) is 0 Å². The number of rotatable bonds is 6. The van der Waals surface area contributed by atoms with E-state index in [1.807, 2.05) is 26.0 Å². The van der Waals surface area contributed by atoms with E-state index in [1.165, 1.54) is 0 Å². The van der Waals surface area contributed by atoms with Gasteiger partial charge in [0, 0.05) is 11.8 Å². The fourth-order valence-corrected chi connectivity index (χ4v) is 4.40. The summed E-state index contributed by atoms with van der Waals surface area (Å²) >= 11 is 12.1. The Hall–Kier alpha value is -1.02. The Kier molecular flexibility index (Phi) is 6.59. The molecule has 0 saturated heterocycles. The first-order valence-corrected chi connectivity index (χ1v) is 12.0. The number of hydrogen-bond acceptors (Lipinski definition) is 3. The summed E-state index contributed by atoms with van der Waals surface area (Å²) in [7, 11) is 0. The van der Waals surface area contributed by atoms with E-state index in [2.05, 4.69) is 52.0 Å². The topological polar surface area (TPSA) is 18.5 Å². The van der Waals surface area contributed by atoms with Crippen molar-refractivity contribution >= 4 is 28.9 Å². The van der Waals surface area contributed by atoms with Crippen molar-refractivity contribution in [3.8, 4) is 11.5 Å². The second kappa shape index (κ2) is 8.12. The highest BCUT2D eigenvalue weighted by Crippen LogP contribution is 2.55. The minimum absolute atomic E-state index is 0.312. The van der Waals surface area contributed by atoms with E-state index < -0.39 is 5.84 Å². The maximum absolute atomic E-state index is 6.54. The molecule has 0 unspecified atom stereocenters. The van der Waals surface area contributed by atoms with Gasteiger partial charge in [-0.25, -0.2) is 0 Å². The molecule has 2 rings (SSSR count). The summed E-state index contributed by atoms with van der Waals surface area (Å²) in [6, 6.07) is 12.2. The van der Waals surface area contributed by atoms with Gasteiger partial charge in [0.2, 0.25) is 0 Å². The molecule has 0 spiro atoms. The molecule has 0 aliphatic carbocycles. The molecule has 0 heterocycles. The molecule has 2 nitrogen and oxygen atoms in total. The predicted octanol–water partition coefficient (Wildman–Crippen LogP) is 7.47. The van der Waals surface area contributed by atoms with Crippen LogP contribution >= 0.6 is 17.1 Å². The van der Waals surface area contributed by atoms with Crippen LogP contribution in [0.15, 0.2) is 36.4 Å². The van der Waals surface area contributed by atoms with Crippen molar-refractivity contribution in [3.63, 3.8) is 0 Å². The van der Waals surface area contributed by atoms with E-state index in [1.54, 1.807) is 0 Å². The number of aryl methyl sites for hydroxylation is 2. The molecule has 0 N–H and O–H groups in total. The molecule has 0 bridgehead atoms. The van der Waals surface area contributed by atoms with E-state index in [9.17, 15) is 0 Å². The van der Waals surface area contributed by atoms with Gasteiger partial charge in [-0.2, -0.15) is 0 Å². The van der Waals surface area contributed by atoms with Crippen LogP contribution in [0, 0.1) is 13.8 Å². The van der Waals surface area contributed by atoms with Crippen LogP contribution in [0.5, 0.6) is 11.5 Å². The summed E-state index contributed by atoms with van der Waals surface area (Å²) in [6.07, 6.45) is 0. The zero-order valence-electron chi connectivity index (χ0n) is 15.7. The highest BCUT2D eigenvalue weighted by Gasteiger charge is 2.23. The molecule has 0 aliphatic rings. The third-order valence-electron chi connectivity index (χ3n) is 4.00. The molecule has 5 heteroatoms. The fourth-order valence-electron chi connectivity index (χ4n) is 2.65. The Morgan fingerprint density at radius 3 is 1.48 bits per heavy atom. The Morgan fingerprint density at radius 2 is 1.16 bits per heavy atom. The zero-order chi connectivity index (χ0) is 18.8. The summed E-state index contributed by atoms with van der Waals surface area (Å²) in [5.74, 6) is -0.949. The lowest BCUT2D eigenvalue weighted by Gasteiger charge is -2.23. The summed E-state index contributed by atoms with van der Waals surface area (Å²) < 4.78 is 12.0. The molecule has 136 valence electrons. The first-order valence-electron chi connectivity index (χ1n) is 8.49. The van der Waals surface area contributed by atoms with E-state index in [0.717, 1.165) is 22.3 Å². The maximum atomic E-state index is 6.54. The van der Waals surface area contributed by atoms with E-state index in [-0.39, 0.29) is 0 Å². The van der Waals surface area contributed by atoms with Gasteiger partial charge in [0.1, 0.15) is 11.5 Å². The lowest BCUT2D eigenvalue weighted by atomic mass is 10.0. The minimum atomic E-state index is -3.00. The smallest absolute Gasteiger partial charge is 0.384 e. The highest BCUT2D eigenvalue weighted by molar-refractivity contribution is 8.22. The van der Waals surface area contributed by atoms with Crippen LogP contribution < -0.4 is 9.05 Å². The van der Waals surface area contributed by atoms with Crippen molar-refractivity contribution in [1.82, 2.24) is 0 Å². The van der Waals surface area contributed by atoms with Crippen LogP contribution in [0.25, 0.3) is 0 Å². The molecule has 0 atom stereocenters. The summed E-state index contributed by atoms with van der Waals surface area (Å²) in [6.45, 7) is 12.5. The van der Waals surface area contributed by atoms with Crippen molar-refractivity contribution < 1.29 is 9.05 Å². The molecule has 0 amide bonds. The van der Waals surface area contributed by atoms with E-state index >= 15 is 0 Å². The van der Waals surface area contributed by atoms with Crippen LogP contribution in [-0.4, -0.2) is 0 Å². The van der Waals surface area contributed by atoms with Crippen LogP contribution in [0.1, 0.15) is 61.8 Å². The molecule has 0 aliphatic heterocycles. The second-order valence-corrected chi connectivity index (χ2v) is 11.6. The molecule has 0 radical (unpaired) electrons. The molecule has 0 fully saturated rings. The van der Waals surface area contributed by atoms with Gasteiger partial charge in [0.25, 0.3) is 0 Å². The SMILES string of the molecule is Cc1ccc(C(C)C)c(OP(=S)(Cl)Oc2cc(C)ccc2C(C)C)c1. The van der Waals surface area contributed by atoms with Gasteiger partial charge in [-0.15, -0.1) is 0 Å². The van der Waals surface area contributed by atoms with Crippen LogP contribution in [-0.2, 0) is 11.8 Å². The van der Waals surface area contributed by atoms with Gasteiger partial charge in [-0.05, 0) is 71.3 Å². The molecule has 25 heavy (non-hydrogen) atoms. The third-order valence-corrected chi connectivity index (χ3v) is 5.69. The Bertz CT molecular complexity index is 739. The third kappa shape index (κ3) is 5.48. The number of benzene rings is 2. The number of hydrogen-bond donors (Lipinski definition) is 0. The molecule has 0 saturated carbocycles. The van der Waals surface area contributed by atoms with Gasteiger partial charge in [0.15, 0.2) is 0 Å². The Labute approximate surface area is 161 Å². The van der Waals surface area contributed by atoms with Crippen LogP contribution in [0.3, 0.4) is 0 Å². The van der Waals surface area contributed by atoms with E-state index in [0.29, 0.717) is 23.3 Å². The van der Waals surface area contributed by atoms with Gasteiger partial charge >= 0.3 is 5.84 Å².